The fourth-order valence-electron chi connectivity index (χ4n) is 3.68. The summed E-state index contributed by atoms with van der Waals surface area (Å²) in [6.07, 6.45) is 8.49. The van der Waals surface area contributed by atoms with Crippen LogP contribution in [0.4, 0.5) is 10.1 Å². The molecule has 0 saturated carbocycles. The molecule has 1 aromatic carbocycles. The lowest BCUT2D eigenvalue weighted by atomic mass is 10.1. The number of hydrogen-bond donors (Lipinski definition) is 3. The Morgan fingerprint density at radius 3 is 2.12 bits per heavy atom. The minimum atomic E-state index is -0.166. The number of halogens is 3. The van der Waals surface area contributed by atoms with Crippen LogP contribution >= 0.6 is 0 Å². The highest BCUT2D eigenvalue weighted by atomic mass is 35.5. The summed E-state index contributed by atoms with van der Waals surface area (Å²) >= 11 is 0. The van der Waals surface area contributed by atoms with E-state index < -0.39 is 0 Å². The molecule has 1 unspecified atom stereocenters. The van der Waals surface area contributed by atoms with Gasteiger partial charge in [-0.15, -0.1) is 0 Å². The molecule has 1 aromatic rings. The van der Waals surface area contributed by atoms with Gasteiger partial charge in [0, 0.05) is 12.1 Å². The quantitative estimate of drug-likeness (QED) is 0.334. The Labute approximate surface area is 170 Å². The summed E-state index contributed by atoms with van der Waals surface area (Å²) in [6, 6.07) is 6.88. The average molecular weight is 409 g/mol. The second kappa shape index (κ2) is 14.6. The minimum absolute atomic E-state index is 0. The van der Waals surface area contributed by atoms with E-state index in [1.165, 1.54) is 47.6 Å². The second-order valence-electron chi connectivity index (χ2n) is 7.27. The van der Waals surface area contributed by atoms with Gasteiger partial charge in [-0.25, -0.2) is 4.39 Å². The number of unbranched alkanes of at least 4 members (excludes halogenated alkanes) is 5. The first-order valence-electron chi connectivity index (χ1n) is 9.81. The lowest BCUT2D eigenvalue weighted by Crippen LogP contribution is -3.26. The van der Waals surface area contributed by atoms with Crippen LogP contribution in [0, 0.1) is 5.82 Å². The van der Waals surface area contributed by atoms with Crippen LogP contribution in [0.15, 0.2) is 24.3 Å². The summed E-state index contributed by atoms with van der Waals surface area (Å²) in [7, 11) is 0. The van der Waals surface area contributed by atoms with E-state index in [2.05, 4.69) is 6.92 Å². The molecule has 26 heavy (non-hydrogen) atoms. The molecule has 1 atom stereocenters. The predicted octanol–water partition coefficient (Wildman–Crippen LogP) is -4.64. The SMILES string of the molecule is CCCCCCCCC(O)C[NH+]1CC[NH+](c2ccc(F)cc2)CC1.[Cl-].[Cl-]. The molecule has 0 spiro atoms. The summed E-state index contributed by atoms with van der Waals surface area (Å²) in [6.45, 7) is 7.41. The smallest absolute Gasteiger partial charge is 0.132 e. The first kappa shape index (κ1) is 25.6. The standard InChI is InChI=1S/C20H33FN2O.2ClH/c1-2-3-4-5-6-7-8-20(24)17-22-13-15-23(16-14-22)19-11-9-18(21)10-12-19;;/h9-12,20,24H,2-8,13-17H2,1H3;2*1H. The van der Waals surface area contributed by atoms with E-state index in [0.717, 1.165) is 45.6 Å². The van der Waals surface area contributed by atoms with E-state index in [1.54, 1.807) is 12.1 Å². The maximum absolute atomic E-state index is 13.0. The second-order valence-corrected chi connectivity index (χ2v) is 7.27. The summed E-state index contributed by atoms with van der Waals surface area (Å²) < 4.78 is 13.0. The zero-order chi connectivity index (χ0) is 17.2. The van der Waals surface area contributed by atoms with Gasteiger partial charge >= 0.3 is 0 Å². The first-order valence-corrected chi connectivity index (χ1v) is 9.81. The fraction of sp³-hybridized carbons (Fsp3) is 0.700. The summed E-state index contributed by atoms with van der Waals surface area (Å²) in [5.41, 5.74) is 1.18. The van der Waals surface area contributed by atoms with Crippen LogP contribution in [-0.4, -0.2) is 43.9 Å². The van der Waals surface area contributed by atoms with Crippen molar-refractivity contribution in [2.75, 3.05) is 32.7 Å². The van der Waals surface area contributed by atoms with E-state index in [9.17, 15) is 9.50 Å². The van der Waals surface area contributed by atoms with Gasteiger partial charge in [0.15, 0.2) is 0 Å². The molecule has 2 rings (SSSR count). The largest absolute Gasteiger partial charge is 1.00 e. The van der Waals surface area contributed by atoms with Crippen molar-refractivity contribution in [1.82, 2.24) is 0 Å². The minimum Gasteiger partial charge on any atom is -1.00 e. The topological polar surface area (TPSA) is 29.1 Å². The Morgan fingerprint density at radius 2 is 1.50 bits per heavy atom. The van der Waals surface area contributed by atoms with Gasteiger partial charge in [0.2, 0.25) is 0 Å². The summed E-state index contributed by atoms with van der Waals surface area (Å²) in [4.78, 5) is 2.95. The molecular formula is C20H35Cl2FN2O. The van der Waals surface area contributed by atoms with Crippen LogP contribution in [0.1, 0.15) is 51.9 Å². The van der Waals surface area contributed by atoms with Gasteiger partial charge in [-0.05, 0) is 18.6 Å². The zero-order valence-electron chi connectivity index (χ0n) is 16.0. The molecule has 0 aliphatic carbocycles. The maximum Gasteiger partial charge on any atom is 0.132 e. The van der Waals surface area contributed by atoms with Crippen LogP contribution in [0.25, 0.3) is 0 Å². The number of aliphatic hydroxyl groups excluding tert-OH is 1. The predicted molar refractivity (Wildman–Crippen MR) is 96.3 cm³/mol. The maximum atomic E-state index is 13.0. The third-order valence-corrected chi connectivity index (χ3v) is 5.23. The van der Waals surface area contributed by atoms with Crippen molar-refractivity contribution >= 4 is 5.69 Å². The monoisotopic (exact) mass is 408 g/mol. The summed E-state index contributed by atoms with van der Waals surface area (Å²) in [5.74, 6) is -0.166. The molecule has 1 fully saturated rings. The van der Waals surface area contributed by atoms with E-state index in [0.29, 0.717) is 0 Å². The van der Waals surface area contributed by atoms with Crippen molar-refractivity contribution < 1.29 is 44.1 Å². The van der Waals surface area contributed by atoms with Gasteiger partial charge < -0.3 is 34.8 Å². The van der Waals surface area contributed by atoms with Gasteiger partial charge in [0.1, 0.15) is 50.3 Å². The molecular weight excluding hydrogens is 374 g/mol. The van der Waals surface area contributed by atoms with E-state index in [1.807, 2.05) is 12.1 Å². The Kier molecular flexibility index (Phi) is 14.4. The Balaban J connectivity index is 0.00000312. The number of benzene rings is 1. The van der Waals surface area contributed by atoms with Crippen molar-refractivity contribution in [3.05, 3.63) is 30.1 Å². The Hall–Kier alpha value is -0.390. The van der Waals surface area contributed by atoms with Crippen LogP contribution in [-0.2, 0) is 0 Å². The van der Waals surface area contributed by atoms with Crippen molar-refractivity contribution in [2.45, 2.75) is 58.0 Å². The number of hydrogen-bond acceptors (Lipinski definition) is 1. The average Bonchev–Trinajstić information content (AvgIpc) is 2.59. The van der Waals surface area contributed by atoms with Crippen molar-refractivity contribution in [3.63, 3.8) is 0 Å². The number of rotatable bonds is 10. The number of nitrogens with one attached hydrogen (secondary N) is 2. The van der Waals surface area contributed by atoms with Crippen LogP contribution in [0.5, 0.6) is 0 Å². The van der Waals surface area contributed by atoms with Gasteiger partial charge in [-0.1, -0.05) is 45.4 Å². The fourth-order valence-corrected chi connectivity index (χ4v) is 3.68. The molecule has 1 aliphatic rings. The molecule has 6 heteroatoms. The van der Waals surface area contributed by atoms with Crippen LogP contribution in [0.3, 0.4) is 0 Å². The lowest BCUT2D eigenvalue weighted by Gasteiger charge is -2.30. The number of quaternary nitrogens is 2. The molecule has 1 heterocycles. The van der Waals surface area contributed by atoms with Crippen LogP contribution in [0.2, 0.25) is 0 Å². The molecule has 0 amide bonds. The molecule has 0 aromatic heterocycles. The van der Waals surface area contributed by atoms with E-state index >= 15 is 0 Å². The molecule has 1 saturated heterocycles. The molecule has 0 radical (unpaired) electrons. The van der Waals surface area contributed by atoms with Gasteiger partial charge in [0.25, 0.3) is 0 Å². The first-order chi connectivity index (χ1) is 11.7. The van der Waals surface area contributed by atoms with Crippen molar-refractivity contribution in [3.8, 4) is 0 Å². The summed E-state index contributed by atoms with van der Waals surface area (Å²) in [5, 5.41) is 10.2. The molecule has 1 aliphatic heterocycles. The zero-order valence-corrected chi connectivity index (χ0v) is 17.5. The van der Waals surface area contributed by atoms with Crippen LogP contribution < -0.4 is 34.6 Å². The Bertz CT molecular complexity index is 454. The molecule has 3 N–H and O–H groups in total. The van der Waals surface area contributed by atoms with E-state index in [-0.39, 0.29) is 36.7 Å². The van der Waals surface area contributed by atoms with Crippen molar-refractivity contribution in [1.29, 1.82) is 0 Å². The molecule has 0 bridgehead atoms. The van der Waals surface area contributed by atoms with Gasteiger partial charge in [0.05, 0.1) is 0 Å². The molecule has 152 valence electrons. The Morgan fingerprint density at radius 1 is 0.923 bits per heavy atom. The van der Waals surface area contributed by atoms with E-state index in [4.69, 9.17) is 0 Å². The number of piperazine rings is 1. The highest BCUT2D eigenvalue weighted by Gasteiger charge is 2.25. The van der Waals surface area contributed by atoms with Gasteiger partial charge in [-0.2, -0.15) is 0 Å². The number of aliphatic hydroxyl groups is 1. The third-order valence-electron chi connectivity index (χ3n) is 5.23. The third kappa shape index (κ3) is 9.52. The highest BCUT2D eigenvalue weighted by molar-refractivity contribution is 5.28. The normalized spacial score (nSPS) is 20.7. The highest BCUT2D eigenvalue weighted by Crippen LogP contribution is 2.08. The van der Waals surface area contributed by atoms with Gasteiger partial charge in [-0.3, -0.25) is 4.90 Å². The van der Waals surface area contributed by atoms with Crippen molar-refractivity contribution in [2.24, 2.45) is 0 Å². The lowest BCUT2D eigenvalue weighted by molar-refractivity contribution is -0.988. The molecule has 3 nitrogen and oxygen atoms in total.